The quantitative estimate of drug-likeness (QED) is 0.923. The minimum atomic E-state index is -2.92. The number of hydrogen-bond donors (Lipinski definition) is 1. The second kappa shape index (κ2) is 6.17. The van der Waals surface area contributed by atoms with Gasteiger partial charge in [-0.15, -0.1) is 0 Å². The molecule has 1 N–H and O–H groups in total. The Morgan fingerprint density at radius 3 is 2.55 bits per heavy atom. The van der Waals surface area contributed by atoms with Crippen LogP contribution in [-0.2, 0) is 9.84 Å². The topological polar surface area (TPSA) is 46.2 Å². The van der Waals surface area contributed by atoms with Crippen LogP contribution in [0.25, 0.3) is 0 Å². The minimum Gasteiger partial charge on any atom is -0.382 e. The van der Waals surface area contributed by atoms with E-state index < -0.39 is 9.84 Å². The van der Waals surface area contributed by atoms with E-state index >= 15 is 0 Å². The van der Waals surface area contributed by atoms with Gasteiger partial charge < -0.3 is 5.32 Å². The summed E-state index contributed by atoms with van der Waals surface area (Å²) in [5.41, 5.74) is 2.45. The van der Waals surface area contributed by atoms with Crippen LogP contribution in [0.3, 0.4) is 0 Å². The fourth-order valence-corrected chi connectivity index (χ4v) is 4.19. The molecule has 3 nitrogen and oxygen atoms in total. The molecule has 112 valence electrons. The first-order valence-corrected chi connectivity index (χ1v) is 9.37. The van der Waals surface area contributed by atoms with E-state index in [0.717, 1.165) is 31.4 Å². The van der Waals surface area contributed by atoms with Crippen LogP contribution in [0.4, 0.5) is 5.69 Å². The number of sulfone groups is 1. The van der Waals surface area contributed by atoms with Gasteiger partial charge in [0.05, 0.1) is 5.25 Å². The van der Waals surface area contributed by atoms with Crippen molar-refractivity contribution in [1.82, 2.24) is 0 Å². The molecule has 1 fully saturated rings. The molecule has 0 amide bonds. The lowest BCUT2D eigenvalue weighted by Gasteiger charge is -2.30. The summed E-state index contributed by atoms with van der Waals surface area (Å²) in [6.45, 7) is 4.36. The number of para-hydroxylation sites is 1. The summed E-state index contributed by atoms with van der Waals surface area (Å²) in [5, 5.41) is 3.39. The number of anilines is 1. The van der Waals surface area contributed by atoms with E-state index in [1.54, 1.807) is 0 Å². The second-order valence-electron chi connectivity index (χ2n) is 6.20. The van der Waals surface area contributed by atoms with E-state index in [2.05, 4.69) is 37.4 Å². The van der Waals surface area contributed by atoms with Crippen molar-refractivity contribution in [3.8, 4) is 0 Å². The van der Waals surface area contributed by atoms with Gasteiger partial charge >= 0.3 is 0 Å². The summed E-state index contributed by atoms with van der Waals surface area (Å²) in [4.78, 5) is 0. The van der Waals surface area contributed by atoms with Crippen LogP contribution in [0.15, 0.2) is 24.3 Å². The fraction of sp³-hybridized carbons (Fsp3) is 0.625. The minimum absolute atomic E-state index is 0.181. The summed E-state index contributed by atoms with van der Waals surface area (Å²) in [6.07, 6.45) is 4.94. The fourth-order valence-electron chi connectivity index (χ4n) is 3.02. The van der Waals surface area contributed by atoms with Crippen molar-refractivity contribution >= 4 is 15.5 Å². The Kier molecular flexibility index (Phi) is 4.74. The molecule has 2 rings (SSSR count). The average Bonchev–Trinajstić information content (AvgIpc) is 2.38. The van der Waals surface area contributed by atoms with E-state index in [4.69, 9.17) is 0 Å². The van der Waals surface area contributed by atoms with Gasteiger partial charge in [0.2, 0.25) is 0 Å². The first kappa shape index (κ1) is 15.4. The first-order chi connectivity index (χ1) is 9.38. The lowest BCUT2D eigenvalue weighted by molar-refractivity contribution is 0.452. The molecule has 1 aromatic rings. The van der Waals surface area contributed by atoms with Crippen LogP contribution in [0, 0.1) is 0 Å². The molecule has 0 bridgehead atoms. The highest BCUT2D eigenvalue weighted by molar-refractivity contribution is 7.91. The van der Waals surface area contributed by atoms with E-state index in [9.17, 15) is 8.42 Å². The van der Waals surface area contributed by atoms with Gasteiger partial charge in [-0.25, -0.2) is 8.42 Å². The van der Waals surface area contributed by atoms with Gasteiger partial charge in [0, 0.05) is 18.0 Å². The molecule has 2 atom stereocenters. The van der Waals surface area contributed by atoms with E-state index in [1.165, 1.54) is 11.8 Å². The Morgan fingerprint density at radius 1 is 1.20 bits per heavy atom. The molecule has 1 aliphatic carbocycles. The largest absolute Gasteiger partial charge is 0.382 e. The SMILES string of the molecule is CC(C)c1ccccc1NC1CCCC(S(C)(=O)=O)C1. The molecular weight excluding hydrogens is 270 g/mol. The molecule has 4 heteroatoms. The maximum atomic E-state index is 11.7. The van der Waals surface area contributed by atoms with Crippen molar-refractivity contribution in [1.29, 1.82) is 0 Å². The smallest absolute Gasteiger partial charge is 0.150 e. The predicted molar refractivity (Wildman–Crippen MR) is 85.0 cm³/mol. The van der Waals surface area contributed by atoms with Crippen LogP contribution in [0.1, 0.15) is 51.0 Å². The molecule has 1 aromatic carbocycles. The lowest BCUT2D eigenvalue weighted by Crippen LogP contribution is -2.34. The van der Waals surface area contributed by atoms with Crippen LogP contribution >= 0.6 is 0 Å². The number of rotatable bonds is 4. The Morgan fingerprint density at radius 2 is 1.90 bits per heavy atom. The van der Waals surface area contributed by atoms with Gasteiger partial charge in [-0.3, -0.25) is 0 Å². The van der Waals surface area contributed by atoms with Crippen molar-refractivity contribution in [2.45, 2.75) is 56.7 Å². The highest BCUT2D eigenvalue weighted by Crippen LogP contribution is 2.29. The molecule has 0 aliphatic heterocycles. The van der Waals surface area contributed by atoms with Crippen LogP contribution in [0.2, 0.25) is 0 Å². The molecule has 1 saturated carbocycles. The van der Waals surface area contributed by atoms with Gasteiger partial charge in [-0.05, 0) is 36.8 Å². The van der Waals surface area contributed by atoms with Crippen molar-refractivity contribution in [2.75, 3.05) is 11.6 Å². The Hall–Kier alpha value is -1.03. The molecule has 20 heavy (non-hydrogen) atoms. The van der Waals surface area contributed by atoms with Crippen LogP contribution in [-0.4, -0.2) is 26.0 Å². The summed E-state index contributed by atoms with van der Waals surface area (Å²) in [7, 11) is -2.92. The molecule has 0 spiro atoms. The molecule has 0 heterocycles. The standard InChI is InChI=1S/C16H25NO2S/c1-12(2)15-9-4-5-10-16(15)17-13-7-6-8-14(11-13)20(3,18)19/h4-5,9-10,12-14,17H,6-8,11H2,1-3H3. The van der Waals surface area contributed by atoms with Gasteiger partial charge in [0.15, 0.2) is 0 Å². The average molecular weight is 295 g/mol. The summed E-state index contributed by atoms with van der Waals surface area (Å²) >= 11 is 0. The molecular formula is C16H25NO2S. The number of nitrogens with one attached hydrogen (secondary N) is 1. The molecule has 0 aromatic heterocycles. The van der Waals surface area contributed by atoms with E-state index in [-0.39, 0.29) is 11.3 Å². The summed E-state index contributed by atoms with van der Waals surface area (Å²) in [6, 6.07) is 8.60. The molecule has 1 aliphatic rings. The molecule has 2 unspecified atom stereocenters. The van der Waals surface area contributed by atoms with Crippen molar-refractivity contribution < 1.29 is 8.42 Å². The van der Waals surface area contributed by atoms with Gasteiger partial charge in [-0.2, -0.15) is 0 Å². The molecule has 0 radical (unpaired) electrons. The maximum absolute atomic E-state index is 11.7. The van der Waals surface area contributed by atoms with Gasteiger partial charge in [0.25, 0.3) is 0 Å². The highest BCUT2D eigenvalue weighted by atomic mass is 32.2. The van der Waals surface area contributed by atoms with E-state index in [1.807, 2.05) is 6.07 Å². The van der Waals surface area contributed by atoms with Crippen molar-refractivity contribution in [3.63, 3.8) is 0 Å². The third kappa shape index (κ3) is 3.75. The maximum Gasteiger partial charge on any atom is 0.150 e. The summed E-state index contributed by atoms with van der Waals surface area (Å²) < 4.78 is 23.5. The van der Waals surface area contributed by atoms with Gasteiger partial charge in [0.1, 0.15) is 9.84 Å². The Labute approximate surface area is 122 Å². The third-order valence-corrected chi connectivity index (χ3v) is 5.81. The lowest BCUT2D eigenvalue weighted by atomic mass is 9.93. The molecule has 0 saturated heterocycles. The third-order valence-electron chi connectivity index (χ3n) is 4.17. The van der Waals surface area contributed by atoms with Crippen molar-refractivity contribution in [3.05, 3.63) is 29.8 Å². The zero-order valence-corrected chi connectivity index (χ0v) is 13.4. The van der Waals surface area contributed by atoms with Crippen LogP contribution in [0.5, 0.6) is 0 Å². The Balaban J connectivity index is 2.11. The zero-order valence-electron chi connectivity index (χ0n) is 12.6. The monoisotopic (exact) mass is 295 g/mol. The predicted octanol–water partition coefficient (Wildman–Crippen LogP) is 3.58. The number of benzene rings is 1. The summed E-state index contributed by atoms with van der Waals surface area (Å²) in [5.74, 6) is 0.466. The second-order valence-corrected chi connectivity index (χ2v) is 8.53. The number of hydrogen-bond acceptors (Lipinski definition) is 3. The van der Waals surface area contributed by atoms with Gasteiger partial charge in [-0.1, -0.05) is 38.5 Å². The normalized spacial score (nSPS) is 23.8. The van der Waals surface area contributed by atoms with Crippen LogP contribution < -0.4 is 5.32 Å². The zero-order chi connectivity index (χ0) is 14.8. The van der Waals surface area contributed by atoms with Crippen molar-refractivity contribution in [2.24, 2.45) is 0 Å². The van der Waals surface area contributed by atoms with E-state index in [0.29, 0.717) is 5.92 Å². The highest BCUT2D eigenvalue weighted by Gasteiger charge is 2.29. The first-order valence-electron chi connectivity index (χ1n) is 7.42. The Bertz CT molecular complexity index is 551.